The van der Waals surface area contributed by atoms with E-state index in [4.69, 9.17) is 0 Å². The minimum atomic E-state index is -3.41. The molecule has 6 nitrogen and oxygen atoms in total. The first-order chi connectivity index (χ1) is 12.5. The molecule has 2 amide bonds. The van der Waals surface area contributed by atoms with Gasteiger partial charge in [-0.3, -0.25) is 9.62 Å². The van der Waals surface area contributed by atoms with Crippen LogP contribution in [0.4, 0.5) is 16.2 Å². The molecule has 1 N–H and O–H groups in total. The summed E-state index contributed by atoms with van der Waals surface area (Å²) in [6, 6.07) is 16.8. The summed E-state index contributed by atoms with van der Waals surface area (Å²) in [5, 5.41) is 0. The number of sulfonamides is 1. The highest BCUT2D eigenvalue weighted by atomic mass is 32.2. The normalized spacial score (nSPS) is 15.2. The van der Waals surface area contributed by atoms with E-state index in [1.54, 1.807) is 34.9 Å². The molecule has 0 atom stereocenters. The number of carbonyl (C=O) groups excluding carboxylic acids is 1. The number of nitrogens with one attached hydrogen (secondary N) is 1. The average molecular weight is 373 g/mol. The molecule has 1 fully saturated rings. The summed E-state index contributed by atoms with van der Waals surface area (Å²) in [4.78, 5) is 16.4. The number of amides is 2. The molecule has 1 heterocycles. The van der Waals surface area contributed by atoms with E-state index in [1.807, 2.05) is 36.4 Å². The van der Waals surface area contributed by atoms with Crippen LogP contribution in [-0.2, 0) is 16.6 Å². The Morgan fingerprint density at radius 2 is 1.69 bits per heavy atom. The summed E-state index contributed by atoms with van der Waals surface area (Å²) in [5.41, 5.74) is 2.10. The Morgan fingerprint density at radius 3 is 2.42 bits per heavy atom. The summed E-state index contributed by atoms with van der Waals surface area (Å²) in [6.45, 7) is 3.37. The number of benzene rings is 2. The maximum Gasteiger partial charge on any atom is 0.324 e. The number of para-hydroxylation sites is 2. The summed E-state index contributed by atoms with van der Waals surface area (Å²) in [5.74, 6) is -0.0184. The van der Waals surface area contributed by atoms with Gasteiger partial charge < -0.3 is 4.90 Å². The number of rotatable bonds is 6. The van der Waals surface area contributed by atoms with Gasteiger partial charge in [-0.2, -0.15) is 0 Å². The first-order valence-electron chi connectivity index (χ1n) is 8.70. The fourth-order valence-corrected chi connectivity index (χ4v) is 3.64. The Hall–Kier alpha value is -2.54. The molecule has 0 bridgehead atoms. The molecule has 2 aromatic carbocycles. The Morgan fingerprint density at radius 1 is 1.00 bits per heavy atom. The van der Waals surface area contributed by atoms with E-state index in [0.717, 1.165) is 12.0 Å². The van der Waals surface area contributed by atoms with Gasteiger partial charge in [0.25, 0.3) is 0 Å². The third kappa shape index (κ3) is 4.16. The molecule has 2 aromatic rings. The zero-order valence-electron chi connectivity index (χ0n) is 14.8. The van der Waals surface area contributed by atoms with Crippen LogP contribution in [0.2, 0.25) is 0 Å². The monoisotopic (exact) mass is 373 g/mol. The van der Waals surface area contributed by atoms with Crippen LogP contribution in [0.25, 0.3) is 0 Å². The van der Waals surface area contributed by atoms with Crippen LogP contribution in [-0.4, -0.2) is 38.2 Å². The molecule has 0 spiro atoms. The van der Waals surface area contributed by atoms with Crippen LogP contribution in [0.5, 0.6) is 0 Å². The third-order valence-corrected chi connectivity index (χ3v) is 5.66. The van der Waals surface area contributed by atoms with E-state index in [-0.39, 0.29) is 11.8 Å². The molecule has 1 aliphatic heterocycles. The van der Waals surface area contributed by atoms with Crippen molar-refractivity contribution in [2.75, 3.05) is 28.5 Å². The summed E-state index contributed by atoms with van der Waals surface area (Å²) < 4.78 is 26.5. The highest BCUT2D eigenvalue weighted by Crippen LogP contribution is 2.29. The predicted octanol–water partition coefficient (Wildman–Crippen LogP) is 3.28. The molecule has 3 rings (SSSR count). The Kier molecular flexibility index (Phi) is 5.46. The van der Waals surface area contributed by atoms with Crippen molar-refractivity contribution in [1.82, 2.24) is 4.90 Å². The molecule has 0 aliphatic carbocycles. The van der Waals surface area contributed by atoms with Gasteiger partial charge >= 0.3 is 6.03 Å². The molecular formula is C19H23N3O3S. The van der Waals surface area contributed by atoms with Crippen LogP contribution in [0.3, 0.4) is 0 Å². The average Bonchev–Trinajstić information content (AvgIpc) is 2.65. The second-order valence-corrected chi connectivity index (χ2v) is 8.23. The topological polar surface area (TPSA) is 69.7 Å². The minimum Gasteiger partial charge on any atom is -0.320 e. The van der Waals surface area contributed by atoms with Crippen molar-refractivity contribution in [1.29, 1.82) is 0 Å². The quantitative estimate of drug-likeness (QED) is 0.845. The Labute approximate surface area is 154 Å². The highest BCUT2D eigenvalue weighted by Gasteiger charge is 2.28. The lowest BCUT2D eigenvalue weighted by Crippen LogP contribution is -2.49. The first-order valence-corrected chi connectivity index (χ1v) is 10.4. The molecule has 0 unspecified atom stereocenters. The van der Waals surface area contributed by atoms with Crippen LogP contribution < -0.4 is 9.62 Å². The summed E-state index contributed by atoms with van der Waals surface area (Å²) in [6.07, 6.45) is 0.827. The number of nitrogens with zero attached hydrogens (tertiary/aromatic N) is 2. The number of hydrogen-bond donors (Lipinski definition) is 1. The number of anilines is 2. The second kappa shape index (κ2) is 7.78. The first kappa shape index (κ1) is 18.3. The fraction of sp³-hybridized carbons (Fsp3) is 0.316. The van der Waals surface area contributed by atoms with Crippen molar-refractivity contribution in [2.45, 2.75) is 19.9 Å². The zero-order valence-corrected chi connectivity index (χ0v) is 15.6. The molecular weight excluding hydrogens is 350 g/mol. The molecule has 7 heteroatoms. The lowest BCUT2D eigenvalue weighted by Gasteiger charge is -2.36. The van der Waals surface area contributed by atoms with Gasteiger partial charge in [0, 0.05) is 19.6 Å². The maximum absolute atomic E-state index is 13.0. The van der Waals surface area contributed by atoms with E-state index in [9.17, 15) is 13.2 Å². The molecule has 26 heavy (non-hydrogen) atoms. The van der Waals surface area contributed by atoms with E-state index in [1.165, 1.54) is 0 Å². The van der Waals surface area contributed by atoms with Crippen molar-refractivity contribution < 1.29 is 13.2 Å². The second-order valence-electron chi connectivity index (χ2n) is 6.22. The molecule has 138 valence electrons. The lowest BCUT2D eigenvalue weighted by molar-refractivity contribution is 0.192. The maximum atomic E-state index is 13.0. The van der Waals surface area contributed by atoms with Crippen molar-refractivity contribution in [2.24, 2.45) is 0 Å². The summed E-state index contributed by atoms with van der Waals surface area (Å²) in [7, 11) is -3.41. The van der Waals surface area contributed by atoms with Crippen molar-refractivity contribution in [3.05, 3.63) is 60.2 Å². The predicted molar refractivity (Wildman–Crippen MR) is 104 cm³/mol. The molecule has 0 aromatic heterocycles. The third-order valence-electron chi connectivity index (χ3n) is 4.37. The zero-order chi connectivity index (χ0) is 18.6. The van der Waals surface area contributed by atoms with Gasteiger partial charge in [-0.25, -0.2) is 13.2 Å². The van der Waals surface area contributed by atoms with E-state index < -0.39 is 10.0 Å². The van der Waals surface area contributed by atoms with Gasteiger partial charge in [0.1, 0.15) is 0 Å². The smallest absolute Gasteiger partial charge is 0.320 e. The van der Waals surface area contributed by atoms with Gasteiger partial charge in [0.15, 0.2) is 0 Å². The van der Waals surface area contributed by atoms with Crippen LogP contribution in [0.1, 0.15) is 18.9 Å². The number of hydrogen-bond acceptors (Lipinski definition) is 3. The van der Waals surface area contributed by atoms with Crippen LogP contribution >= 0.6 is 0 Å². The summed E-state index contributed by atoms with van der Waals surface area (Å²) >= 11 is 0. The van der Waals surface area contributed by atoms with Gasteiger partial charge in [0.05, 0.1) is 17.1 Å². The van der Waals surface area contributed by atoms with Gasteiger partial charge in [0.2, 0.25) is 10.0 Å². The molecule has 1 saturated heterocycles. The van der Waals surface area contributed by atoms with Gasteiger partial charge in [-0.15, -0.1) is 0 Å². The minimum absolute atomic E-state index is 0.0184. The van der Waals surface area contributed by atoms with E-state index in [0.29, 0.717) is 31.0 Å². The highest BCUT2D eigenvalue weighted by molar-refractivity contribution is 7.92. The fourth-order valence-electron chi connectivity index (χ4n) is 2.99. The van der Waals surface area contributed by atoms with Crippen molar-refractivity contribution >= 4 is 27.4 Å². The molecule has 0 saturated carbocycles. The molecule has 1 aliphatic rings. The van der Waals surface area contributed by atoms with Gasteiger partial charge in [-0.1, -0.05) is 42.5 Å². The number of carbonyl (C=O) groups is 1. The largest absolute Gasteiger partial charge is 0.324 e. The van der Waals surface area contributed by atoms with Crippen LogP contribution in [0.15, 0.2) is 54.6 Å². The van der Waals surface area contributed by atoms with Crippen molar-refractivity contribution in [3.8, 4) is 0 Å². The SMILES string of the molecule is CCS(=O)(=O)Nc1ccccc1N1CCCN(Cc2ccccc2)C1=O. The van der Waals surface area contributed by atoms with E-state index >= 15 is 0 Å². The lowest BCUT2D eigenvalue weighted by atomic mass is 10.1. The van der Waals surface area contributed by atoms with Gasteiger partial charge in [-0.05, 0) is 31.0 Å². The Bertz CT molecular complexity index is 869. The van der Waals surface area contributed by atoms with Crippen LogP contribution in [0, 0.1) is 0 Å². The standard InChI is InChI=1S/C19H23N3O3S/c1-2-26(24,25)20-17-11-6-7-12-18(17)22-14-8-13-21(19(22)23)15-16-9-4-3-5-10-16/h3-7,9-12,20H,2,8,13-15H2,1H3. The Balaban J connectivity index is 1.84. The molecule has 0 radical (unpaired) electrons. The van der Waals surface area contributed by atoms with E-state index in [2.05, 4.69) is 4.72 Å². The van der Waals surface area contributed by atoms with Crippen molar-refractivity contribution in [3.63, 3.8) is 0 Å². The number of urea groups is 1.